The molecule has 0 saturated carbocycles. The molecule has 0 aromatic carbocycles. The predicted molar refractivity (Wildman–Crippen MR) is 114 cm³/mol. The second-order valence-electron chi connectivity index (χ2n) is 7.08. The number of aromatic amines is 1. The number of hydrogen-bond acceptors (Lipinski definition) is 8. The summed E-state index contributed by atoms with van der Waals surface area (Å²) in [6.07, 6.45) is 3.46. The van der Waals surface area contributed by atoms with Crippen LogP contribution in [0.25, 0.3) is 0 Å². The van der Waals surface area contributed by atoms with E-state index >= 15 is 0 Å². The van der Waals surface area contributed by atoms with Crippen LogP contribution in [0.4, 0.5) is 0 Å². The number of thiol groups is 1. The van der Waals surface area contributed by atoms with Crippen molar-refractivity contribution in [3.05, 3.63) is 18.2 Å². The quantitative estimate of drug-likeness (QED) is 0.152. The molecule has 8 N–H and O–H groups in total. The Labute approximate surface area is 185 Å². The van der Waals surface area contributed by atoms with Gasteiger partial charge in [0.1, 0.15) is 18.1 Å². The maximum absolute atomic E-state index is 12.7. The highest BCUT2D eigenvalue weighted by molar-refractivity contribution is 7.80. The van der Waals surface area contributed by atoms with Gasteiger partial charge in [0.05, 0.1) is 19.0 Å². The molecule has 13 heteroatoms. The van der Waals surface area contributed by atoms with Gasteiger partial charge in [0, 0.05) is 24.1 Å². The van der Waals surface area contributed by atoms with Gasteiger partial charge >= 0.3 is 5.97 Å². The molecule has 0 bridgehead atoms. The van der Waals surface area contributed by atoms with Crippen molar-refractivity contribution in [3.8, 4) is 0 Å². The highest BCUT2D eigenvalue weighted by Gasteiger charge is 2.30. The van der Waals surface area contributed by atoms with Crippen molar-refractivity contribution in [3.63, 3.8) is 0 Å². The zero-order chi connectivity index (χ0) is 23.6. The zero-order valence-corrected chi connectivity index (χ0v) is 18.3. The van der Waals surface area contributed by atoms with E-state index in [2.05, 4.69) is 38.5 Å². The lowest BCUT2D eigenvalue weighted by Gasteiger charge is -2.25. The fourth-order valence-electron chi connectivity index (χ4n) is 2.53. The van der Waals surface area contributed by atoms with Gasteiger partial charge in [-0.1, -0.05) is 20.3 Å². The molecule has 12 nitrogen and oxygen atoms in total. The number of nitrogens with two attached hydrogens (primary N) is 1. The molecule has 5 atom stereocenters. The van der Waals surface area contributed by atoms with Gasteiger partial charge in [-0.2, -0.15) is 12.6 Å². The number of aromatic nitrogens is 2. The number of carbonyl (C=O) groups is 4. The molecule has 1 heterocycles. The Hall–Kier alpha value is -2.64. The molecule has 0 aliphatic carbocycles. The largest absolute Gasteiger partial charge is 0.480 e. The van der Waals surface area contributed by atoms with E-state index in [-0.39, 0.29) is 18.1 Å². The monoisotopic (exact) mass is 458 g/mol. The molecule has 0 spiro atoms. The molecule has 0 aliphatic heterocycles. The third-order valence-corrected chi connectivity index (χ3v) is 5.15. The number of nitrogens with zero attached hydrogens (tertiary/aromatic N) is 1. The molecular weight excluding hydrogens is 428 g/mol. The van der Waals surface area contributed by atoms with Crippen LogP contribution >= 0.6 is 12.6 Å². The standard InChI is InChI=1S/C18H30N6O6S/c1-3-9(2)14(19)17(28)24-13(7-31)16(27)22-11(4-10-5-20-8-21-10)15(26)23-12(6-25)18(29)30/h5,8-9,11-14,25,31H,3-4,6-7,19H2,1-2H3,(H,20,21)(H,22,27)(H,23,26)(H,24,28)(H,29,30). The van der Waals surface area contributed by atoms with Crippen LogP contribution in [0.15, 0.2) is 12.5 Å². The van der Waals surface area contributed by atoms with E-state index in [9.17, 15) is 19.2 Å². The predicted octanol–water partition coefficient (Wildman–Crippen LogP) is -2.21. The Bertz CT molecular complexity index is 746. The average Bonchev–Trinajstić information content (AvgIpc) is 3.26. The number of H-pyrrole nitrogens is 1. The van der Waals surface area contributed by atoms with Crippen molar-refractivity contribution >= 4 is 36.3 Å². The third kappa shape index (κ3) is 8.19. The molecule has 5 unspecified atom stereocenters. The lowest BCUT2D eigenvalue weighted by molar-refractivity contribution is -0.143. The van der Waals surface area contributed by atoms with Crippen LogP contribution in [0.5, 0.6) is 0 Å². The average molecular weight is 459 g/mol. The SMILES string of the molecule is CCC(C)C(N)C(=O)NC(CS)C(=O)NC(Cc1cnc[nH]1)C(=O)NC(CO)C(=O)O. The first kappa shape index (κ1) is 26.4. The van der Waals surface area contributed by atoms with Crippen LogP contribution in [0.3, 0.4) is 0 Å². The Morgan fingerprint density at radius 1 is 1.13 bits per heavy atom. The van der Waals surface area contributed by atoms with Crippen LogP contribution < -0.4 is 21.7 Å². The Balaban J connectivity index is 2.92. The Morgan fingerprint density at radius 3 is 2.19 bits per heavy atom. The van der Waals surface area contributed by atoms with E-state index in [0.29, 0.717) is 12.1 Å². The van der Waals surface area contributed by atoms with Gasteiger partial charge in [-0.25, -0.2) is 9.78 Å². The molecule has 1 aromatic rings. The molecule has 31 heavy (non-hydrogen) atoms. The summed E-state index contributed by atoms with van der Waals surface area (Å²) >= 11 is 4.09. The van der Waals surface area contributed by atoms with E-state index in [1.54, 1.807) is 0 Å². The van der Waals surface area contributed by atoms with Crippen LogP contribution in [0.1, 0.15) is 26.0 Å². The van der Waals surface area contributed by atoms with E-state index in [4.69, 9.17) is 15.9 Å². The number of hydrogen-bond donors (Lipinski definition) is 8. The molecule has 1 aromatic heterocycles. The minimum Gasteiger partial charge on any atom is -0.480 e. The zero-order valence-electron chi connectivity index (χ0n) is 17.4. The number of rotatable bonds is 13. The molecule has 0 fully saturated rings. The second kappa shape index (κ2) is 12.9. The molecule has 0 saturated heterocycles. The summed E-state index contributed by atoms with van der Waals surface area (Å²) in [5.41, 5.74) is 6.39. The smallest absolute Gasteiger partial charge is 0.328 e. The van der Waals surface area contributed by atoms with E-state index in [1.807, 2.05) is 13.8 Å². The number of aliphatic carboxylic acids is 1. The topological polar surface area (TPSA) is 200 Å². The number of carboxylic acid groups (broad SMARTS) is 1. The highest BCUT2D eigenvalue weighted by Crippen LogP contribution is 2.06. The number of aliphatic hydroxyl groups is 1. The van der Waals surface area contributed by atoms with E-state index in [1.165, 1.54) is 12.5 Å². The molecule has 0 radical (unpaired) electrons. The third-order valence-electron chi connectivity index (χ3n) is 4.78. The Kier molecular flexibility index (Phi) is 11.0. The molecule has 3 amide bonds. The first-order valence-corrected chi connectivity index (χ1v) is 10.4. The lowest BCUT2D eigenvalue weighted by atomic mass is 9.99. The van der Waals surface area contributed by atoms with Gasteiger partial charge in [0.25, 0.3) is 0 Å². The molecular formula is C18H30N6O6S. The first-order chi connectivity index (χ1) is 14.6. The van der Waals surface area contributed by atoms with Gasteiger partial charge in [0.15, 0.2) is 0 Å². The number of nitrogens with one attached hydrogen (secondary N) is 4. The van der Waals surface area contributed by atoms with Gasteiger partial charge in [-0.15, -0.1) is 0 Å². The Morgan fingerprint density at radius 2 is 1.71 bits per heavy atom. The summed E-state index contributed by atoms with van der Waals surface area (Å²) < 4.78 is 0. The van der Waals surface area contributed by atoms with Crippen molar-refractivity contribution in [2.45, 2.75) is 50.9 Å². The summed E-state index contributed by atoms with van der Waals surface area (Å²) in [7, 11) is 0. The number of carboxylic acids is 1. The summed E-state index contributed by atoms with van der Waals surface area (Å²) in [6.45, 7) is 2.87. The lowest BCUT2D eigenvalue weighted by Crippen LogP contribution is -2.59. The van der Waals surface area contributed by atoms with Gasteiger partial charge in [-0.05, 0) is 5.92 Å². The maximum atomic E-state index is 12.7. The molecule has 0 aliphatic rings. The number of amides is 3. The minimum absolute atomic E-state index is 0.0328. The number of carbonyl (C=O) groups excluding carboxylic acids is 3. The normalized spacial score (nSPS) is 15.8. The van der Waals surface area contributed by atoms with Crippen molar-refractivity contribution in [2.24, 2.45) is 11.7 Å². The number of aliphatic hydroxyl groups excluding tert-OH is 1. The van der Waals surface area contributed by atoms with Crippen LogP contribution in [-0.2, 0) is 25.6 Å². The van der Waals surface area contributed by atoms with Crippen LogP contribution in [0.2, 0.25) is 0 Å². The molecule has 1 rings (SSSR count). The van der Waals surface area contributed by atoms with Gasteiger partial charge < -0.3 is 36.9 Å². The second-order valence-corrected chi connectivity index (χ2v) is 7.44. The summed E-state index contributed by atoms with van der Waals surface area (Å²) in [6, 6.07) is -4.63. The van der Waals surface area contributed by atoms with Crippen molar-refractivity contribution in [1.29, 1.82) is 0 Å². The first-order valence-electron chi connectivity index (χ1n) is 9.72. The minimum atomic E-state index is -1.54. The highest BCUT2D eigenvalue weighted by atomic mass is 32.1. The van der Waals surface area contributed by atoms with E-state index < -0.39 is 54.5 Å². The maximum Gasteiger partial charge on any atom is 0.328 e. The summed E-state index contributed by atoms with van der Waals surface area (Å²) in [5.74, 6) is -3.64. The van der Waals surface area contributed by atoms with Crippen molar-refractivity contribution < 1.29 is 29.4 Å². The van der Waals surface area contributed by atoms with Crippen LogP contribution in [0, 0.1) is 5.92 Å². The molecule has 174 valence electrons. The van der Waals surface area contributed by atoms with Crippen molar-refractivity contribution in [2.75, 3.05) is 12.4 Å². The van der Waals surface area contributed by atoms with Gasteiger partial charge in [-0.3, -0.25) is 14.4 Å². The fraction of sp³-hybridized carbons (Fsp3) is 0.611. The van der Waals surface area contributed by atoms with Gasteiger partial charge in [0.2, 0.25) is 17.7 Å². The summed E-state index contributed by atoms with van der Waals surface area (Å²) in [5, 5.41) is 25.3. The fourth-order valence-corrected chi connectivity index (χ4v) is 2.79. The van der Waals surface area contributed by atoms with E-state index in [0.717, 1.165) is 0 Å². The summed E-state index contributed by atoms with van der Waals surface area (Å²) in [4.78, 5) is 55.3. The number of imidazole rings is 1. The van der Waals surface area contributed by atoms with Crippen LogP contribution in [-0.4, -0.2) is 80.4 Å². The van der Waals surface area contributed by atoms with Crippen molar-refractivity contribution in [1.82, 2.24) is 25.9 Å².